The Hall–Kier alpha value is -0.630. The fourth-order valence-corrected chi connectivity index (χ4v) is 0.146. The van der Waals surface area contributed by atoms with Crippen LogP contribution in [0, 0.1) is 0 Å². The maximum absolute atomic E-state index is 8.34. The van der Waals surface area contributed by atoms with E-state index in [-0.39, 0.29) is 6.61 Å². The van der Waals surface area contributed by atoms with Crippen LogP contribution < -0.4 is 0 Å². The Morgan fingerprint density at radius 1 is 1.86 bits per heavy atom. The quantitative estimate of drug-likeness (QED) is 0.445. The fraction of sp³-hybridized carbons (Fsp3) is 0.500. The number of aliphatic imine (C=N–C) groups is 1. The maximum Gasteiger partial charge on any atom is 0.177 e. The molecule has 0 aliphatic heterocycles. The lowest BCUT2D eigenvalue weighted by Gasteiger charge is -1.92. The van der Waals surface area contributed by atoms with Crippen molar-refractivity contribution >= 4 is 5.87 Å². The molecule has 0 amide bonds. The van der Waals surface area contributed by atoms with Crippen LogP contribution in [0.2, 0.25) is 0 Å². The van der Waals surface area contributed by atoms with Crippen LogP contribution in [0.5, 0.6) is 0 Å². The SMILES string of the molecule is C=C=NC(O)CO. The van der Waals surface area contributed by atoms with Gasteiger partial charge in [-0.3, -0.25) is 0 Å². The van der Waals surface area contributed by atoms with Crippen molar-refractivity contribution < 1.29 is 10.2 Å². The molecule has 0 fully saturated rings. The second-order valence-corrected chi connectivity index (χ2v) is 0.950. The summed E-state index contributed by atoms with van der Waals surface area (Å²) in [7, 11) is 0. The molecule has 0 rings (SSSR count). The van der Waals surface area contributed by atoms with Crippen LogP contribution in [-0.2, 0) is 0 Å². The van der Waals surface area contributed by atoms with Gasteiger partial charge < -0.3 is 10.2 Å². The highest BCUT2D eigenvalue weighted by atomic mass is 16.3. The summed E-state index contributed by atoms with van der Waals surface area (Å²) in [5.74, 6) is 2.08. The minimum absolute atomic E-state index is 0.373. The summed E-state index contributed by atoms with van der Waals surface area (Å²) in [5.41, 5.74) is 0. The second-order valence-electron chi connectivity index (χ2n) is 0.950. The number of nitrogens with zero attached hydrogens (tertiary/aromatic N) is 1. The van der Waals surface area contributed by atoms with E-state index >= 15 is 0 Å². The van der Waals surface area contributed by atoms with Gasteiger partial charge in [0.15, 0.2) is 6.23 Å². The van der Waals surface area contributed by atoms with E-state index in [1.807, 2.05) is 0 Å². The van der Waals surface area contributed by atoms with Crippen LogP contribution in [0.3, 0.4) is 0 Å². The predicted octanol–water partition coefficient (Wildman–Crippen LogP) is -0.847. The Labute approximate surface area is 41.6 Å². The van der Waals surface area contributed by atoms with Crippen LogP contribution in [0.4, 0.5) is 0 Å². The van der Waals surface area contributed by atoms with Gasteiger partial charge in [-0.05, 0) is 12.4 Å². The average molecular weight is 101 g/mol. The van der Waals surface area contributed by atoms with E-state index in [4.69, 9.17) is 10.2 Å². The molecule has 0 radical (unpaired) electrons. The minimum Gasteiger partial charge on any atom is -0.392 e. The van der Waals surface area contributed by atoms with Crippen LogP contribution in [0.25, 0.3) is 0 Å². The van der Waals surface area contributed by atoms with Crippen molar-refractivity contribution in [3.05, 3.63) is 6.58 Å². The third kappa shape index (κ3) is 3.19. The van der Waals surface area contributed by atoms with Crippen LogP contribution >= 0.6 is 0 Å². The Balaban J connectivity index is 3.35. The molecule has 0 aromatic carbocycles. The monoisotopic (exact) mass is 101 g/mol. The summed E-state index contributed by atoms with van der Waals surface area (Å²) in [5, 5.41) is 16.4. The van der Waals surface area contributed by atoms with Crippen molar-refractivity contribution in [2.45, 2.75) is 6.23 Å². The van der Waals surface area contributed by atoms with E-state index in [1.165, 1.54) is 0 Å². The molecule has 0 saturated heterocycles. The lowest BCUT2D eigenvalue weighted by atomic mass is 10.6. The first-order valence-electron chi connectivity index (χ1n) is 1.82. The van der Waals surface area contributed by atoms with Gasteiger partial charge in [0.1, 0.15) is 0 Å². The normalized spacial score (nSPS) is 12.3. The van der Waals surface area contributed by atoms with Gasteiger partial charge in [-0.25, -0.2) is 4.99 Å². The number of rotatable bonds is 2. The van der Waals surface area contributed by atoms with Gasteiger partial charge in [0.2, 0.25) is 0 Å². The molecular formula is C4H7NO2. The number of aliphatic hydroxyl groups is 2. The van der Waals surface area contributed by atoms with E-state index in [1.54, 1.807) is 0 Å². The molecule has 0 aliphatic carbocycles. The second kappa shape index (κ2) is 3.56. The van der Waals surface area contributed by atoms with Gasteiger partial charge >= 0.3 is 0 Å². The van der Waals surface area contributed by atoms with Crippen molar-refractivity contribution in [3.63, 3.8) is 0 Å². The highest BCUT2D eigenvalue weighted by Crippen LogP contribution is 1.75. The highest BCUT2D eigenvalue weighted by Gasteiger charge is 1.90. The van der Waals surface area contributed by atoms with Gasteiger partial charge in [0.05, 0.1) is 6.61 Å². The summed E-state index contributed by atoms with van der Waals surface area (Å²) < 4.78 is 0. The van der Waals surface area contributed by atoms with E-state index < -0.39 is 6.23 Å². The molecule has 0 saturated carbocycles. The van der Waals surface area contributed by atoms with E-state index in [2.05, 4.69) is 17.4 Å². The van der Waals surface area contributed by atoms with Crippen LogP contribution in [-0.4, -0.2) is 28.9 Å². The lowest BCUT2D eigenvalue weighted by molar-refractivity contribution is 0.103. The summed E-state index contributed by atoms with van der Waals surface area (Å²) in [6.07, 6.45) is -1.04. The first kappa shape index (κ1) is 6.37. The molecule has 1 atom stereocenters. The van der Waals surface area contributed by atoms with Gasteiger partial charge in [-0.1, -0.05) is 0 Å². The Morgan fingerprint density at radius 3 is 2.57 bits per heavy atom. The third-order valence-corrected chi connectivity index (χ3v) is 0.404. The molecule has 0 spiro atoms. The van der Waals surface area contributed by atoms with Crippen LogP contribution in [0.1, 0.15) is 0 Å². The predicted molar refractivity (Wildman–Crippen MR) is 26.2 cm³/mol. The van der Waals surface area contributed by atoms with E-state index in [9.17, 15) is 0 Å². The third-order valence-electron chi connectivity index (χ3n) is 0.404. The first-order chi connectivity index (χ1) is 3.31. The summed E-state index contributed by atoms with van der Waals surface area (Å²) >= 11 is 0. The smallest absolute Gasteiger partial charge is 0.177 e. The first-order valence-corrected chi connectivity index (χ1v) is 1.82. The van der Waals surface area contributed by atoms with E-state index in [0.717, 1.165) is 0 Å². The number of aliphatic hydroxyl groups excluding tert-OH is 2. The van der Waals surface area contributed by atoms with Crippen molar-refractivity contribution in [2.24, 2.45) is 4.99 Å². The molecular weight excluding hydrogens is 94.0 g/mol. The van der Waals surface area contributed by atoms with E-state index in [0.29, 0.717) is 0 Å². The molecule has 3 heteroatoms. The van der Waals surface area contributed by atoms with Crippen molar-refractivity contribution in [1.29, 1.82) is 0 Å². The van der Waals surface area contributed by atoms with Crippen molar-refractivity contribution in [2.75, 3.05) is 6.61 Å². The molecule has 2 N–H and O–H groups in total. The molecule has 40 valence electrons. The van der Waals surface area contributed by atoms with Crippen LogP contribution in [0.15, 0.2) is 11.6 Å². The fourth-order valence-electron chi connectivity index (χ4n) is 0.146. The molecule has 3 nitrogen and oxygen atoms in total. The minimum atomic E-state index is -1.04. The lowest BCUT2D eigenvalue weighted by Crippen LogP contribution is -2.06. The van der Waals surface area contributed by atoms with Gasteiger partial charge in [-0.2, -0.15) is 0 Å². The molecule has 0 aromatic heterocycles. The zero-order valence-corrected chi connectivity index (χ0v) is 3.83. The van der Waals surface area contributed by atoms with Crippen molar-refractivity contribution in [1.82, 2.24) is 0 Å². The Bertz CT molecular complexity index is 85.7. The van der Waals surface area contributed by atoms with Gasteiger partial charge in [0, 0.05) is 0 Å². The summed E-state index contributed by atoms with van der Waals surface area (Å²) in [6, 6.07) is 0. The largest absolute Gasteiger partial charge is 0.392 e. The van der Waals surface area contributed by atoms with Crippen molar-refractivity contribution in [3.8, 4) is 0 Å². The summed E-state index contributed by atoms with van der Waals surface area (Å²) in [6.45, 7) is 2.71. The molecule has 0 bridgehead atoms. The molecule has 0 heterocycles. The molecule has 0 aliphatic rings. The Kier molecular flexibility index (Phi) is 3.24. The topological polar surface area (TPSA) is 52.8 Å². The van der Waals surface area contributed by atoms with Gasteiger partial charge in [-0.15, -0.1) is 0 Å². The highest BCUT2D eigenvalue weighted by molar-refractivity contribution is 5.46. The Morgan fingerprint density at radius 2 is 2.43 bits per heavy atom. The number of hydrogen-bond acceptors (Lipinski definition) is 3. The zero-order valence-electron chi connectivity index (χ0n) is 3.83. The zero-order chi connectivity index (χ0) is 5.70. The molecule has 7 heavy (non-hydrogen) atoms. The standard InChI is InChI=1S/C4H7NO2/c1-2-5-4(7)3-6/h4,6-7H,1,3H2. The summed E-state index contributed by atoms with van der Waals surface area (Å²) in [4.78, 5) is 3.19. The molecule has 0 aromatic rings. The maximum atomic E-state index is 8.34. The molecule has 1 unspecified atom stereocenters. The average Bonchev–Trinajstić information content (AvgIpc) is 1.68. The number of hydrogen-bond donors (Lipinski definition) is 2. The van der Waals surface area contributed by atoms with Gasteiger partial charge in [0.25, 0.3) is 0 Å².